The molecule has 33 heavy (non-hydrogen) atoms. The van der Waals surface area contributed by atoms with Crippen molar-refractivity contribution in [1.82, 2.24) is 9.47 Å². The molecule has 3 heterocycles. The zero-order valence-corrected chi connectivity index (χ0v) is 21.8. The molecule has 0 unspecified atom stereocenters. The maximum absolute atomic E-state index is 13.2. The van der Waals surface area contributed by atoms with E-state index in [1.165, 1.54) is 11.8 Å². The van der Waals surface area contributed by atoms with E-state index < -0.39 is 0 Å². The Kier molecular flexibility index (Phi) is 8.77. The van der Waals surface area contributed by atoms with Crippen LogP contribution in [0.3, 0.4) is 0 Å². The number of pyridine rings is 1. The molecule has 0 spiro atoms. The van der Waals surface area contributed by atoms with Gasteiger partial charge >= 0.3 is 0 Å². The van der Waals surface area contributed by atoms with Crippen molar-refractivity contribution in [2.45, 2.75) is 72.8 Å². The molecule has 1 amide bonds. The van der Waals surface area contributed by atoms with Gasteiger partial charge in [0.15, 0.2) is 0 Å². The first kappa shape index (κ1) is 25.5. The van der Waals surface area contributed by atoms with Crippen LogP contribution in [0.15, 0.2) is 9.70 Å². The molecule has 2 fully saturated rings. The van der Waals surface area contributed by atoms with E-state index in [-0.39, 0.29) is 17.0 Å². The second-order valence-electron chi connectivity index (χ2n) is 9.02. The lowest BCUT2D eigenvalue weighted by molar-refractivity contribution is -0.122. The van der Waals surface area contributed by atoms with E-state index in [2.05, 4.69) is 24.8 Å². The first-order chi connectivity index (χ1) is 15.8. The summed E-state index contributed by atoms with van der Waals surface area (Å²) in [5.74, 6) is 1.40. The second-order valence-corrected chi connectivity index (χ2v) is 10.7. The standard InChI is InChI=1S/C25H34N4O2S2/c1-5-7-8-12-29-24(31)21(33-25(29)32)15-19-18(4)20(16-26)23(30)28(11-6-2)22(19)27-13-9-17(3)10-14-27/h15,17H,5-14H2,1-4H3. The lowest BCUT2D eigenvalue weighted by Gasteiger charge is -2.35. The second kappa shape index (κ2) is 11.3. The monoisotopic (exact) mass is 486 g/mol. The fourth-order valence-corrected chi connectivity index (χ4v) is 5.77. The number of aromatic nitrogens is 1. The van der Waals surface area contributed by atoms with E-state index in [1.54, 1.807) is 9.47 Å². The Labute approximate surface area is 206 Å². The molecule has 2 aliphatic heterocycles. The summed E-state index contributed by atoms with van der Waals surface area (Å²) < 4.78 is 2.32. The summed E-state index contributed by atoms with van der Waals surface area (Å²) in [6.07, 6.45) is 7.82. The van der Waals surface area contributed by atoms with Crippen molar-refractivity contribution in [2.75, 3.05) is 24.5 Å². The van der Waals surface area contributed by atoms with Gasteiger partial charge in [0, 0.05) is 31.7 Å². The number of hydrogen-bond donors (Lipinski definition) is 0. The van der Waals surface area contributed by atoms with Crippen LogP contribution in [-0.2, 0) is 11.3 Å². The van der Waals surface area contributed by atoms with Crippen molar-refractivity contribution in [3.05, 3.63) is 31.9 Å². The van der Waals surface area contributed by atoms with Gasteiger partial charge in [0.2, 0.25) is 0 Å². The van der Waals surface area contributed by atoms with Gasteiger partial charge in [0.25, 0.3) is 11.5 Å². The highest BCUT2D eigenvalue weighted by Gasteiger charge is 2.33. The van der Waals surface area contributed by atoms with Crippen LogP contribution in [0.4, 0.5) is 5.82 Å². The number of hydrogen-bond acceptors (Lipinski definition) is 6. The Bertz CT molecular complexity index is 1050. The first-order valence-electron chi connectivity index (χ1n) is 12.0. The molecule has 8 heteroatoms. The van der Waals surface area contributed by atoms with E-state index in [4.69, 9.17) is 12.2 Å². The normalized spacial score (nSPS) is 18.5. The van der Waals surface area contributed by atoms with Crippen LogP contribution in [0.25, 0.3) is 6.08 Å². The van der Waals surface area contributed by atoms with Gasteiger partial charge in [0.1, 0.15) is 21.8 Å². The number of nitriles is 1. The Morgan fingerprint density at radius 1 is 1.15 bits per heavy atom. The molecule has 2 aliphatic rings. The third-order valence-corrected chi connectivity index (χ3v) is 7.89. The molecule has 1 aromatic rings. The van der Waals surface area contributed by atoms with E-state index >= 15 is 0 Å². The minimum Gasteiger partial charge on any atom is -0.357 e. The number of carbonyl (C=O) groups is 1. The summed E-state index contributed by atoms with van der Waals surface area (Å²) in [5, 5.41) is 9.77. The van der Waals surface area contributed by atoms with Gasteiger partial charge in [-0.1, -0.05) is 57.6 Å². The minimum atomic E-state index is -0.241. The Balaban J connectivity index is 2.13. The summed E-state index contributed by atoms with van der Waals surface area (Å²) in [6.45, 7) is 11.1. The van der Waals surface area contributed by atoms with Gasteiger partial charge < -0.3 is 4.90 Å². The zero-order valence-electron chi connectivity index (χ0n) is 20.1. The van der Waals surface area contributed by atoms with Crippen LogP contribution < -0.4 is 10.5 Å². The molecular weight excluding hydrogens is 452 g/mol. The topological polar surface area (TPSA) is 69.3 Å². The molecule has 178 valence electrons. The minimum absolute atomic E-state index is 0.0783. The smallest absolute Gasteiger partial charge is 0.270 e. The summed E-state index contributed by atoms with van der Waals surface area (Å²) in [6, 6.07) is 2.12. The predicted octanol–water partition coefficient (Wildman–Crippen LogP) is 5.07. The largest absolute Gasteiger partial charge is 0.357 e. The lowest BCUT2D eigenvalue weighted by atomic mass is 9.97. The third kappa shape index (κ3) is 5.36. The zero-order chi connectivity index (χ0) is 24.1. The molecule has 0 aliphatic carbocycles. The number of rotatable bonds is 8. The maximum Gasteiger partial charge on any atom is 0.270 e. The number of unbranched alkanes of at least 4 members (excludes halogenated alkanes) is 2. The molecule has 0 N–H and O–H groups in total. The van der Waals surface area contributed by atoms with Gasteiger partial charge in [-0.25, -0.2) is 0 Å². The SMILES string of the molecule is CCCCCN1C(=O)C(=Cc2c(C)c(C#N)c(=O)n(CCC)c2N2CCC(C)CC2)SC1=S. The van der Waals surface area contributed by atoms with E-state index in [1.807, 2.05) is 19.9 Å². The number of piperidine rings is 1. The highest BCUT2D eigenvalue weighted by atomic mass is 32.2. The van der Waals surface area contributed by atoms with Gasteiger partial charge in [-0.3, -0.25) is 19.1 Å². The van der Waals surface area contributed by atoms with E-state index in [0.29, 0.717) is 33.8 Å². The number of nitrogens with zero attached hydrogens (tertiary/aromatic N) is 4. The summed E-state index contributed by atoms with van der Waals surface area (Å²) in [7, 11) is 0. The molecule has 2 saturated heterocycles. The molecule has 0 radical (unpaired) electrons. The molecule has 0 saturated carbocycles. The number of thioether (sulfide) groups is 1. The third-order valence-electron chi connectivity index (χ3n) is 6.51. The summed E-state index contributed by atoms with van der Waals surface area (Å²) in [4.78, 5) is 30.9. The number of amides is 1. The van der Waals surface area contributed by atoms with Crippen molar-refractivity contribution in [1.29, 1.82) is 5.26 Å². The summed E-state index contributed by atoms with van der Waals surface area (Å²) in [5.41, 5.74) is 1.35. The van der Waals surface area contributed by atoms with Crippen LogP contribution in [-0.4, -0.2) is 39.3 Å². The molecule has 3 rings (SSSR count). The number of thiocarbonyl (C=S) groups is 1. The van der Waals surface area contributed by atoms with Gasteiger partial charge in [-0.2, -0.15) is 5.26 Å². The molecule has 0 bridgehead atoms. The maximum atomic E-state index is 13.2. The van der Waals surface area contributed by atoms with Crippen molar-refractivity contribution in [3.63, 3.8) is 0 Å². The fourth-order valence-electron chi connectivity index (χ4n) is 4.48. The van der Waals surface area contributed by atoms with E-state index in [0.717, 1.165) is 63.0 Å². The molecule has 0 atom stereocenters. The number of anilines is 1. The Hall–Kier alpha value is -2.11. The van der Waals surface area contributed by atoms with Crippen LogP contribution in [0.1, 0.15) is 76.0 Å². The van der Waals surface area contributed by atoms with Crippen LogP contribution in [0, 0.1) is 24.2 Å². The van der Waals surface area contributed by atoms with Crippen molar-refractivity contribution in [3.8, 4) is 6.07 Å². The van der Waals surface area contributed by atoms with Crippen LogP contribution in [0.2, 0.25) is 0 Å². The van der Waals surface area contributed by atoms with Crippen LogP contribution >= 0.6 is 24.0 Å². The average molecular weight is 487 g/mol. The lowest BCUT2D eigenvalue weighted by Crippen LogP contribution is -2.39. The molecule has 1 aromatic heterocycles. The molecular formula is C25H34N4O2S2. The van der Waals surface area contributed by atoms with Gasteiger partial charge in [-0.15, -0.1) is 0 Å². The quantitative estimate of drug-likeness (QED) is 0.290. The van der Waals surface area contributed by atoms with Crippen LogP contribution in [0.5, 0.6) is 0 Å². The van der Waals surface area contributed by atoms with E-state index in [9.17, 15) is 14.9 Å². The predicted molar refractivity (Wildman–Crippen MR) is 140 cm³/mol. The van der Waals surface area contributed by atoms with Crippen molar-refractivity contribution in [2.24, 2.45) is 5.92 Å². The van der Waals surface area contributed by atoms with Crippen molar-refractivity contribution >= 4 is 46.1 Å². The highest BCUT2D eigenvalue weighted by Crippen LogP contribution is 2.37. The van der Waals surface area contributed by atoms with Gasteiger partial charge in [-0.05, 0) is 50.2 Å². The average Bonchev–Trinajstić information content (AvgIpc) is 3.06. The fraction of sp³-hybridized carbons (Fsp3) is 0.600. The Morgan fingerprint density at radius 2 is 1.85 bits per heavy atom. The molecule has 0 aromatic carbocycles. The first-order valence-corrected chi connectivity index (χ1v) is 13.2. The highest BCUT2D eigenvalue weighted by molar-refractivity contribution is 8.26. The summed E-state index contributed by atoms with van der Waals surface area (Å²) >= 11 is 6.83. The van der Waals surface area contributed by atoms with Crippen molar-refractivity contribution < 1.29 is 4.79 Å². The molecule has 6 nitrogen and oxygen atoms in total. The van der Waals surface area contributed by atoms with Gasteiger partial charge in [0.05, 0.1) is 4.91 Å². The number of carbonyl (C=O) groups excluding carboxylic acids is 1. The Morgan fingerprint density at radius 3 is 2.45 bits per heavy atom.